The van der Waals surface area contributed by atoms with Crippen LogP contribution in [0.3, 0.4) is 0 Å². The van der Waals surface area contributed by atoms with Crippen molar-refractivity contribution in [2.45, 2.75) is 45.6 Å². The van der Waals surface area contributed by atoms with E-state index >= 15 is 0 Å². The molecule has 0 aliphatic rings. The lowest BCUT2D eigenvalue weighted by Crippen LogP contribution is -2.37. The van der Waals surface area contributed by atoms with Crippen LogP contribution in [0, 0.1) is 0 Å². The van der Waals surface area contributed by atoms with E-state index in [4.69, 9.17) is 8.85 Å². The monoisotopic (exact) mass is 252 g/mol. The maximum absolute atomic E-state index is 5.91. The maximum atomic E-state index is 5.91. The van der Waals surface area contributed by atoms with E-state index < -0.39 is 15.8 Å². The Hall–Kier alpha value is 0.704. The lowest BCUT2D eigenvalue weighted by atomic mass is 10.6. The number of hydrogen-bond donors (Lipinski definition) is 0. The third-order valence-electron chi connectivity index (χ3n) is 1.99. The van der Waals surface area contributed by atoms with Crippen molar-refractivity contribution in [2.24, 2.45) is 0 Å². The summed E-state index contributed by atoms with van der Waals surface area (Å²) in [4.78, 5) is 0. The summed E-state index contributed by atoms with van der Waals surface area (Å²) in [5, 5.41) is 0. The Labute approximate surface area is 94.7 Å². The zero-order valence-corrected chi connectivity index (χ0v) is 13.2. The van der Waals surface area contributed by atoms with Gasteiger partial charge in [0.15, 0.2) is 0 Å². The Morgan fingerprint density at radius 3 is 2.07 bits per heavy atom. The lowest BCUT2D eigenvalue weighted by Gasteiger charge is -2.26. The molecule has 0 aromatic heterocycles. The van der Waals surface area contributed by atoms with Gasteiger partial charge in [0, 0.05) is 7.11 Å². The highest BCUT2D eigenvalue weighted by atomic mass is 32.4. The quantitative estimate of drug-likeness (QED) is 0.509. The molecule has 0 spiro atoms. The van der Waals surface area contributed by atoms with Gasteiger partial charge in [0.25, 0.3) is 0 Å². The van der Waals surface area contributed by atoms with Crippen molar-refractivity contribution in [1.29, 1.82) is 0 Å². The van der Waals surface area contributed by atoms with Crippen LogP contribution in [0.15, 0.2) is 0 Å². The van der Waals surface area contributed by atoms with Gasteiger partial charge in [-0.15, -0.1) is 0 Å². The van der Waals surface area contributed by atoms with E-state index in [9.17, 15) is 0 Å². The summed E-state index contributed by atoms with van der Waals surface area (Å²) in [6, 6.07) is 1.09. The predicted molar refractivity (Wildman–Crippen MR) is 70.6 cm³/mol. The summed E-state index contributed by atoms with van der Waals surface area (Å²) in [7, 11) is -1.08. The summed E-state index contributed by atoms with van der Waals surface area (Å²) in [5.41, 5.74) is 0. The van der Waals surface area contributed by atoms with E-state index in [1.807, 2.05) is 11.2 Å². The molecule has 0 saturated carbocycles. The van der Waals surface area contributed by atoms with Crippen molar-refractivity contribution in [3.8, 4) is 0 Å². The molecule has 14 heavy (non-hydrogen) atoms. The van der Waals surface area contributed by atoms with E-state index in [-0.39, 0.29) is 0 Å². The molecule has 0 radical (unpaired) electrons. The van der Waals surface area contributed by atoms with Gasteiger partial charge in [-0.1, -0.05) is 33.0 Å². The second-order valence-corrected chi connectivity index (χ2v) is 17.4. The van der Waals surface area contributed by atoms with Crippen molar-refractivity contribution >= 4 is 27.0 Å². The molecule has 0 aliphatic heterocycles. The highest BCUT2D eigenvalue weighted by molar-refractivity contribution is 8.28. The molecular formula is C9H24O2SSi2. The Morgan fingerprint density at radius 1 is 1.14 bits per heavy atom. The first-order valence-corrected chi connectivity index (χ1v) is 12.9. The first-order valence-electron chi connectivity index (χ1n) is 5.16. The van der Waals surface area contributed by atoms with Crippen LogP contribution in [0.4, 0.5) is 0 Å². The van der Waals surface area contributed by atoms with Gasteiger partial charge >= 0.3 is 8.56 Å². The summed E-state index contributed by atoms with van der Waals surface area (Å²) in [5.74, 6) is 0.812. The van der Waals surface area contributed by atoms with Gasteiger partial charge < -0.3 is 8.85 Å². The minimum absolute atomic E-state index is 0.812. The Bertz CT molecular complexity index is 161. The Morgan fingerprint density at radius 2 is 1.71 bits per heavy atom. The third-order valence-corrected chi connectivity index (χ3v) is 9.28. The lowest BCUT2D eigenvalue weighted by molar-refractivity contribution is 0.240. The van der Waals surface area contributed by atoms with Gasteiger partial charge in [0.1, 0.15) is 7.22 Å². The fourth-order valence-corrected chi connectivity index (χ4v) is 5.57. The van der Waals surface area contributed by atoms with Crippen LogP contribution in [0.1, 0.15) is 13.3 Å². The van der Waals surface area contributed by atoms with Crippen molar-refractivity contribution in [3.05, 3.63) is 0 Å². The van der Waals surface area contributed by atoms with Crippen LogP contribution in [-0.4, -0.2) is 28.8 Å². The summed E-state index contributed by atoms with van der Waals surface area (Å²) in [6.07, 6.45) is 1.15. The summed E-state index contributed by atoms with van der Waals surface area (Å²) < 4.78 is 11.4. The van der Waals surface area contributed by atoms with Gasteiger partial charge in [0.05, 0.1) is 5.94 Å². The van der Waals surface area contributed by atoms with Crippen molar-refractivity contribution in [3.63, 3.8) is 0 Å². The van der Waals surface area contributed by atoms with Gasteiger partial charge in [-0.2, -0.15) is 11.2 Å². The average molecular weight is 253 g/mol. The normalized spacial score (nSPS) is 16.7. The topological polar surface area (TPSA) is 18.5 Å². The van der Waals surface area contributed by atoms with Gasteiger partial charge in [0.2, 0.25) is 0 Å². The van der Waals surface area contributed by atoms with Crippen molar-refractivity contribution in [2.75, 3.05) is 13.0 Å². The van der Waals surface area contributed by atoms with E-state index in [1.165, 1.54) is 0 Å². The van der Waals surface area contributed by atoms with E-state index in [0.717, 1.165) is 18.4 Å². The van der Waals surface area contributed by atoms with Gasteiger partial charge in [-0.05, 0) is 12.6 Å². The molecule has 5 heteroatoms. The minimum Gasteiger partial charge on any atom is -0.398 e. The molecule has 1 unspecified atom stereocenters. The molecule has 0 aromatic carbocycles. The highest BCUT2D eigenvalue weighted by Crippen LogP contribution is 2.23. The average Bonchev–Trinajstić information content (AvgIpc) is 2.02. The molecule has 0 fully saturated rings. The molecule has 1 atom stereocenters. The van der Waals surface area contributed by atoms with Gasteiger partial charge in [-0.3, -0.25) is 0 Å². The highest BCUT2D eigenvalue weighted by Gasteiger charge is 2.29. The van der Waals surface area contributed by atoms with E-state index in [2.05, 4.69) is 33.1 Å². The summed E-state index contributed by atoms with van der Waals surface area (Å²) >= 11 is 1.97. The second-order valence-electron chi connectivity index (χ2n) is 4.61. The molecule has 0 aliphatic carbocycles. The standard InChI is InChI=1S/C9H24O2SSi2/c1-7-8-14(6,10-2)11-9-12-13(3,4)5/h7-9H2,1-6H3. The molecular weight excluding hydrogens is 228 g/mol. The molecule has 0 aromatic rings. The van der Waals surface area contributed by atoms with Crippen LogP contribution in [0.5, 0.6) is 0 Å². The smallest absolute Gasteiger partial charge is 0.335 e. The number of rotatable bonds is 7. The fourth-order valence-electron chi connectivity index (χ4n) is 1.02. The first kappa shape index (κ1) is 14.7. The third kappa shape index (κ3) is 7.06. The molecule has 86 valence electrons. The molecule has 0 heterocycles. The fraction of sp³-hybridized carbons (Fsp3) is 1.00. The molecule has 0 rings (SSSR count). The second kappa shape index (κ2) is 6.32. The van der Waals surface area contributed by atoms with E-state index in [0.29, 0.717) is 0 Å². The SMILES string of the molecule is CCC[Si](C)(OC)OCS[Si](C)(C)C. The first-order chi connectivity index (χ1) is 6.33. The van der Waals surface area contributed by atoms with E-state index in [1.54, 1.807) is 7.11 Å². The van der Waals surface area contributed by atoms with Crippen LogP contribution < -0.4 is 0 Å². The van der Waals surface area contributed by atoms with Crippen molar-refractivity contribution in [1.82, 2.24) is 0 Å². The van der Waals surface area contributed by atoms with Crippen LogP contribution in [0.25, 0.3) is 0 Å². The van der Waals surface area contributed by atoms with Crippen LogP contribution in [0.2, 0.25) is 32.2 Å². The van der Waals surface area contributed by atoms with Crippen molar-refractivity contribution < 1.29 is 8.85 Å². The molecule has 0 saturated heterocycles. The number of hydrogen-bond acceptors (Lipinski definition) is 3. The minimum atomic E-state index is -1.82. The van der Waals surface area contributed by atoms with Crippen LogP contribution >= 0.6 is 11.2 Å². The largest absolute Gasteiger partial charge is 0.398 e. The predicted octanol–water partition coefficient (Wildman–Crippen LogP) is 3.66. The summed E-state index contributed by atoms with van der Waals surface area (Å²) in [6.45, 7) is 11.4. The Balaban J connectivity index is 3.84. The Kier molecular flexibility index (Phi) is 6.64. The molecule has 2 nitrogen and oxygen atoms in total. The van der Waals surface area contributed by atoms with Gasteiger partial charge in [-0.25, -0.2) is 0 Å². The zero-order valence-electron chi connectivity index (χ0n) is 10.3. The molecule has 0 N–H and O–H groups in total. The zero-order chi connectivity index (χ0) is 11.2. The molecule has 0 amide bonds. The van der Waals surface area contributed by atoms with Crippen LogP contribution in [-0.2, 0) is 8.85 Å². The molecule has 0 bridgehead atoms. The maximum Gasteiger partial charge on any atom is 0.335 e.